The summed E-state index contributed by atoms with van der Waals surface area (Å²) < 4.78 is 11.3. The number of hydrogen-bond acceptors (Lipinski definition) is 4. The fourth-order valence-corrected chi connectivity index (χ4v) is 2.45. The summed E-state index contributed by atoms with van der Waals surface area (Å²) in [5.74, 6) is 1.29. The number of hydrogen-bond donors (Lipinski definition) is 2. The van der Waals surface area contributed by atoms with Gasteiger partial charge in [0.05, 0.1) is 26.4 Å². The largest absolute Gasteiger partial charge is 0.495 e. The van der Waals surface area contributed by atoms with E-state index in [9.17, 15) is 5.11 Å². The predicted molar refractivity (Wildman–Crippen MR) is 87.0 cm³/mol. The van der Waals surface area contributed by atoms with Gasteiger partial charge in [-0.05, 0) is 40.0 Å². The second-order valence-electron chi connectivity index (χ2n) is 4.47. The Kier molecular flexibility index (Phi) is 9.22. The zero-order valence-corrected chi connectivity index (χ0v) is 14.5. The standard InChI is InChI=1S/C14H22BrNO3.ClH/c1-4-5-6-10(17)14(16)9-7-11(18-2)13(15)12(8-9)19-3;/h7-8,10,14,17H,4-6,16H2,1-3H3;1H/t10-,14+;/m0./s1. The van der Waals surface area contributed by atoms with E-state index in [1.54, 1.807) is 14.2 Å². The molecule has 116 valence electrons. The summed E-state index contributed by atoms with van der Waals surface area (Å²) in [6.07, 6.45) is 2.13. The molecule has 0 saturated carbocycles. The van der Waals surface area contributed by atoms with Crippen LogP contribution in [0.25, 0.3) is 0 Å². The van der Waals surface area contributed by atoms with Crippen molar-refractivity contribution in [2.75, 3.05) is 14.2 Å². The Labute approximate surface area is 135 Å². The average Bonchev–Trinajstić information content (AvgIpc) is 2.44. The van der Waals surface area contributed by atoms with Crippen molar-refractivity contribution in [1.29, 1.82) is 0 Å². The van der Waals surface area contributed by atoms with Gasteiger partial charge >= 0.3 is 0 Å². The molecular weight excluding hydrogens is 346 g/mol. The molecule has 3 N–H and O–H groups in total. The van der Waals surface area contributed by atoms with Gasteiger partial charge < -0.3 is 20.3 Å². The van der Waals surface area contributed by atoms with Gasteiger partial charge in [-0.1, -0.05) is 19.8 Å². The van der Waals surface area contributed by atoms with E-state index in [1.165, 1.54) is 0 Å². The molecule has 2 atom stereocenters. The van der Waals surface area contributed by atoms with Gasteiger partial charge in [0, 0.05) is 0 Å². The predicted octanol–water partition coefficient (Wildman–Crippen LogP) is 3.44. The van der Waals surface area contributed by atoms with E-state index in [2.05, 4.69) is 22.9 Å². The van der Waals surface area contributed by atoms with Gasteiger partial charge in [0.25, 0.3) is 0 Å². The van der Waals surface area contributed by atoms with Gasteiger partial charge in [-0.3, -0.25) is 0 Å². The Balaban J connectivity index is 0.00000361. The maximum absolute atomic E-state index is 10.1. The summed E-state index contributed by atoms with van der Waals surface area (Å²) >= 11 is 3.41. The first-order valence-corrected chi connectivity index (χ1v) is 7.19. The molecule has 0 heterocycles. The van der Waals surface area contributed by atoms with E-state index < -0.39 is 12.1 Å². The highest BCUT2D eigenvalue weighted by Crippen LogP contribution is 2.37. The minimum atomic E-state index is -0.560. The number of halogens is 2. The summed E-state index contributed by atoms with van der Waals surface area (Å²) in [6.45, 7) is 2.09. The molecule has 0 radical (unpaired) electrons. The van der Waals surface area contributed by atoms with Crippen LogP contribution in [0.2, 0.25) is 0 Å². The molecule has 6 heteroatoms. The number of ether oxygens (including phenoxy) is 2. The number of rotatable bonds is 7. The van der Waals surface area contributed by atoms with Crippen molar-refractivity contribution in [3.8, 4) is 11.5 Å². The van der Waals surface area contributed by atoms with Crippen LogP contribution in [0, 0.1) is 0 Å². The summed E-state index contributed by atoms with van der Waals surface area (Å²) in [5.41, 5.74) is 6.91. The lowest BCUT2D eigenvalue weighted by atomic mass is 9.98. The highest BCUT2D eigenvalue weighted by Gasteiger charge is 2.20. The third-order valence-corrected chi connectivity index (χ3v) is 3.90. The lowest BCUT2D eigenvalue weighted by Gasteiger charge is -2.21. The lowest BCUT2D eigenvalue weighted by Crippen LogP contribution is -2.26. The fourth-order valence-electron chi connectivity index (χ4n) is 1.90. The Hall–Kier alpha value is -0.490. The molecule has 0 amide bonds. The van der Waals surface area contributed by atoms with E-state index in [-0.39, 0.29) is 12.4 Å². The molecule has 1 aromatic rings. The second kappa shape index (κ2) is 9.45. The van der Waals surface area contributed by atoms with E-state index in [1.807, 2.05) is 12.1 Å². The first kappa shape index (κ1) is 19.5. The van der Waals surface area contributed by atoms with Crippen LogP contribution < -0.4 is 15.2 Å². The molecule has 0 aromatic heterocycles. The van der Waals surface area contributed by atoms with E-state index >= 15 is 0 Å². The molecule has 0 aliphatic heterocycles. The second-order valence-corrected chi connectivity index (χ2v) is 5.27. The Morgan fingerprint density at radius 1 is 1.25 bits per heavy atom. The Morgan fingerprint density at radius 3 is 2.15 bits per heavy atom. The average molecular weight is 369 g/mol. The van der Waals surface area contributed by atoms with Crippen LogP contribution in [0.4, 0.5) is 0 Å². The molecule has 0 unspecified atom stereocenters. The molecule has 20 heavy (non-hydrogen) atoms. The minimum absolute atomic E-state index is 0. The SMILES string of the molecule is CCCC[C@H](O)[C@H](N)c1cc(OC)c(Br)c(OC)c1.Cl. The van der Waals surface area contributed by atoms with E-state index in [0.29, 0.717) is 17.9 Å². The number of benzene rings is 1. The highest BCUT2D eigenvalue weighted by molar-refractivity contribution is 9.10. The summed E-state index contributed by atoms with van der Waals surface area (Å²) in [7, 11) is 3.17. The molecule has 0 bridgehead atoms. The van der Waals surface area contributed by atoms with Gasteiger partial charge in [0.15, 0.2) is 0 Å². The van der Waals surface area contributed by atoms with Crippen molar-refractivity contribution >= 4 is 28.3 Å². The number of nitrogens with two attached hydrogens (primary N) is 1. The summed E-state index contributed by atoms with van der Waals surface area (Å²) in [4.78, 5) is 0. The van der Waals surface area contributed by atoms with Crippen LogP contribution >= 0.6 is 28.3 Å². The van der Waals surface area contributed by atoms with Crippen LogP contribution in [0.1, 0.15) is 37.8 Å². The Morgan fingerprint density at radius 2 is 1.75 bits per heavy atom. The van der Waals surface area contributed by atoms with Crippen molar-refractivity contribution in [3.05, 3.63) is 22.2 Å². The van der Waals surface area contributed by atoms with Gasteiger partial charge in [-0.15, -0.1) is 12.4 Å². The summed E-state index contributed by atoms with van der Waals surface area (Å²) in [6, 6.07) is 3.21. The van der Waals surface area contributed by atoms with Crippen LogP contribution in [-0.4, -0.2) is 25.4 Å². The maximum Gasteiger partial charge on any atom is 0.137 e. The monoisotopic (exact) mass is 367 g/mol. The normalized spacial score (nSPS) is 13.3. The van der Waals surface area contributed by atoms with E-state index in [0.717, 1.165) is 22.9 Å². The molecule has 0 saturated heterocycles. The molecular formula is C14H23BrClNO3. The maximum atomic E-state index is 10.1. The molecule has 1 rings (SSSR count). The van der Waals surface area contributed by atoms with Gasteiger partial charge in [0.2, 0.25) is 0 Å². The van der Waals surface area contributed by atoms with Gasteiger partial charge in [-0.2, -0.15) is 0 Å². The first-order chi connectivity index (χ1) is 9.04. The van der Waals surface area contributed by atoms with Crippen LogP contribution in [0.15, 0.2) is 16.6 Å². The molecule has 4 nitrogen and oxygen atoms in total. The molecule has 0 aliphatic rings. The number of methoxy groups -OCH3 is 2. The topological polar surface area (TPSA) is 64.7 Å². The van der Waals surface area contributed by atoms with Crippen LogP contribution in [0.5, 0.6) is 11.5 Å². The Bertz CT molecular complexity index is 392. The third kappa shape index (κ3) is 4.81. The molecule has 0 aliphatic carbocycles. The number of aliphatic hydroxyl groups excluding tert-OH is 1. The minimum Gasteiger partial charge on any atom is -0.495 e. The van der Waals surface area contributed by atoms with Crippen molar-refractivity contribution in [2.45, 2.75) is 38.3 Å². The highest BCUT2D eigenvalue weighted by atomic mass is 79.9. The van der Waals surface area contributed by atoms with Crippen LogP contribution in [-0.2, 0) is 0 Å². The van der Waals surface area contributed by atoms with Crippen LogP contribution in [0.3, 0.4) is 0 Å². The molecule has 0 fully saturated rings. The number of aliphatic hydroxyl groups is 1. The smallest absolute Gasteiger partial charge is 0.137 e. The van der Waals surface area contributed by atoms with E-state index in [4.69, 9.17) is 15.2 Å². The van der Waals surface area contributed by atoms with Crippen molar-refractivity contribution in [1.82, 2.24) is 0 Å². The van der Waals surface area contributed by atoms with Crippen molar-refractivity contribution in [2.24, 2.45) is 5.73 Å². The van der Waals surface area contributed by atoms with Gasteiger partial charge in [-0.25, -0.2) is 0 Å². The van der Waals surface area contributed by atoms with Crippen molar-refractivity contribution in [3.63, 3.8) is 0 Å². The first-order valence-electron chi connectivity index (χ1n) is 6.40. The quantitative estimate of drug-likeness (QED) is 0.774. The fraction of sp³-hybridized carbons (Fsp3) is 0.571. The molecule has 0 spiro atoms. The third-order valence-electron chi connectivity index (χ3n) is 3.12. The zero-order chi connectivity index (χ0) is 14.4. The van der Waals surface area contributed by atoms with Gasteiger partial charge in [0.1, 0.15) is 16.0 Å². The number of unbranched alkanes of at least 4 members (excludes halogenated alkanes) is 1. The van der Waals surface area contributed by atoms with Crippen molar-refractivity contribution < 1.29 is 14.6 Å². The zero-order valence-electron chi connectivity index (χ0n) is 12.1. The molecule has 1 aromatic carbocycles. The lowest BCUT2D eigenvalue weighted by molar-refractivity contribution is 0.132. The summed E-state index contributed by atoms with van der Waals surface area (Å²) in [5, 5.41) is 10.1.